The fraction of sp³-hybridized carbons (Fsp3) is 1.00. The lowest BCUT2D eigenvalue weighted by Crippen LogP contribution is -2.25. The third kappa shape index (κ3) is 7.34. The van der Waals surface area contributed by atoms with Gasteiger partial charge in [0, 0.05) is 19.2 Å². The van der Waals surface area contributed by atoms with Crippen LogP contribution < -0.4 is 5.32 Å². The van der Waals surface area contributed by atoms with Gasteiger partial charge in [0.1, 0.15) is 0 Å². The molecule has 0 atom stereocenters. The van der Waals surface area contributed by atoms with Crippen molar-refractivity contribution in [3.63, 3.8) is 0 Å². The standard InChI is InChI=1S/C15H30N2O/c1-17(11-12-18-13-14-5-6-14)10-4-2-3-9-16-15-7-8-15/h14-16H,2-13H2,1H3. The minimum absolute atomic E-state index is 0.872. The maximum atomic E-state index is 5.65. The van der Waals surface area contributed by atoms with Crippen molar-refractivity contribution < 1.29 is 4.74 Å². The van der Waals surface area contributed by atoms with E-state index in [9.17, 15) is 0 Å². The largest absolute Gasteiger partial charge is 0.380 e. The lowest BCUT2D eigenvalue weighted by Gasteiger charge is -2.16. The van der Waals surface area contributed by atoms with Crippen LogP contribution >= 0.6 is 0 Å². The van der Waals surface area contributed by atoms with Gasteiger partial charge in [0.25, 0.3) is 0 Å². The number of nitrogens with one attached hydrogen (secondary N) is 1. The summed E-state index contributed by atoms with van der Waals surface area (Å²) in [4.78, 5) is 2.40. The molecule has 0 bridgehead atoms. The molecule has 0 spiro atoms. The summed E-state index contributed by atoms with van der Waals surface area (Å²) in [5.41, 5.74) is 0. The van der Waals surface area contributed by atoms with Gasteiger partial charge in [-0.1, -0.05) is 6.42 Å². The van der Waals surface area contributed by atoms with Crippen LogP contribution in [-0.4, -0.2) is 50.8 Å². The Bertz CT molecular complexity index is 215. The molecular weight excluding hydrogens is 224 g/mol. The van der Waals surface area contributed by atoms with Crippen molar-refractivity contribution in [1.29, 1.82) is 0 Å². The second-order valence-corrected chi connectivity index (χ2v) is 6.11. The Morgan fingerprint density at radius 1 is 1.06 bits per heavy atom. The number of unbranched alkanes of at least 4 members (excludes halogenated alkanes) is 2. The SMILES string of the molecule is CN(CCCCCNC1CC1)CCOCC1CC1. The molecule has 0 aromatic heterocycles. The second-order valence-electron chi connectivity index (χ2n) is 6.11. The van der Waals surface area contributed by atoms with Gasteiger partial charge in [0.15, 0.2) is 0 Å². The number of hydrogen-bond acceptors (Lipinski definition) is 3. The van der Waals surface area contributed by atoms with Gasteiger partial charge in [-0.15, -0.1) is 0 Å². The maximum Gasteiger partial charge on any atom is 0.0593 e. The summed E-state index contributed by atoms with van der Waals surface area (Å²) in [6.07, 6.45) is 9.61. The minimum Gasteiger partial charge on any atom is -0.380 e. The predicted molar refractivity (Wildman–Crippen MR) is 75.9 cm³/mol. The van der Waals surface area contributed by atoms with Crippen LogP contribution in [-0.2, 0) is 4.74 Å². The highest BCUT2D eigenvalue weighted by molar-refractivity contribution is 4.80. The third-order valence-corrected chi connectivity index (χ3v) is 3.89. The van der Waals surface area contributed by atoms with E-state index in [2.05, 4.69) is 17.3 Å². The number of ether oxygens (including phenoxy) is 1. The maximum absolute atomic E-state index is 5.65. The van der Waals surface area contributed by atoms with Crippen molar-refractivity contribution >= 4 is 0 Å². The molecule has 18 heavy (non-hydrogen) atoms. The van der Waals surface area contributed by atoms with Gasteiger partial charge in [0.05, 0.1) is 6.61 Å². The van der Waals surface area contributed by atoms with Gasteiger partial charge in [-0.25, -0.2) is 0 Å². The Morgan fingerprint density at radius 2 is 1.89 bits per heavy atom. The molecule has 0 unspecified atom stereocenters. The van der Waals surface area contributed by atoms with Crippen LogP contribution in [0.2, 0.25) is 0 Å². The van der Waals surface area contributed by atoms with Crippen molar-refractivity contribution in [2.45, 2.75) is 51.0 Å². The molecule has 0 aromatic rings. The van der Waals surface area contributed by atoms with E-state index in [1.807, 2.05) is 0 Å². The fourth-order valence-corrected chi connectivity index (χ4v) is 2.14. The van der Waals surface area contributed by atoms with Gasteiger partial charge < -0.3 is 15.0 Å². The highest BCUT2D eigenvalue weighted by atomic mass is 16.5. The van der Waals surface area contributed by atoms with E-state index in [4.69, 9.17) is 4.74 Å². The molecule has 2 saturated carbocycles. The molecule has 0 heterocycles. The average molecular weight is 254 g/mol. The fourth-order valence-electron chi connectivity index (χ4n) is 2.14. The van der Waals surface area contributed by atoms with Gasteiger partial charge >= 0.3 is 0 Å². The first-order chi connectivity index (χ1) is 8.84. The van der Waals surface area contributed by atoms with E-state index in [1.165, 1.54) is 58.0 Å². The smallest absolute Gasteiger partial charge is 0.0593 e. The normalized spacial score (nSPS) is 19.7. The predicted octanol–water partition coefficient (Wildman–Crippen LogP) is 2.27. The van der Waals surface area contributed by atoms with Crippen LogP contribution in [0, 0.1) is 5.92 Å². The Balaban J connectivity index is 1.29. The lowest BCUT2D eigenvalue weighted by molar-refractivity contribution is 0.103. The van der Waals surface area contributed by atoms with Crippen LogP contribution in [0.5, 0.6) is 0 Å². The number of rotatable bonds is 12. The van der Waals surface area contributed by atoms with Crippen LogP contribution in [0.3, 0.4) is 0 Å². The first-order valence-electron chi connectivity index (χ1n) is 7.84. The zero-order chi connectivity index (χ0) is 12.6. The van der Waals surface area contributed by atoms with Gasteiger partial charge in [-0.05, 0) is 64.6 Å². The number of likely N-dealkylation sites (N-methyl/N-ethyl adjacent to an activating group) is 1. The van der Waals surface area contributed by atoms with E-state index >= 15 is 0 Å². The van der Waals surface area contributed by atoms with Crippen LogP contribution in [0.25, 0.3) is 0 Å². The molecule has 2 fully saturated rings. The summed E-state index contributed by atoms with van der Waals surface area (Å²) in [6.45, 7) is 5.44. The summed E-state index contributed by atoms with van der Waals surface area (Å²) < 4.78 is 5.65. The van der Waals surface area contributed by atoms with E-state index in [0.29, 0.717) is 0 Å². The quantitative estimate of drug-likeness (QED) is 0.541. The van der Waals surface area contributed by atoms with Crippen molar-refractivity contribution in [2.75, 3.05) is 39.9 Å². The molecule has 2 aliphatic rings. The topological polar surface area (TPSA) is 24.5 Å². The zero-order valence-corrected chi connectivity index (χ0v) is 12.0. The highest BCUT2D eigenvalue weighted by Gasteiger charge is 2.21. The number of nitrogens with zero attached hydrogens (tertiary/aromatic N) is 1. The molecule has 2 aliphatic carbocycles. The third-order valence-electron chi connectivity index (χ3n) is 3.89. The first kappa shape index (κ1) is 14.3. The highest BCUT2D eigenvalue weighted by Crippen LogP contribution is 2.28. The lowest BCUT2D eigenvalue weighted by atomic mass is 10.2. The molecule has 0 aliphatic heterocycles. The van der Waals surface area contributed by atoms with Gasteiger partial charge in [0.2, 0.25) is 0 Å². The van der Waals surface area contributed by atoms with Crippen LogP contribution in [0.4, 0.5) is 0 Å². The Labute approximate surface area is 112 Å². The van der Waals surface area contributed by atoms with Crippen molar-refractivity contribution in [1.82, 2.24) is 10.2 Å². The average Bonchev–Trinajstić information content (AvgIpc) is 3.23. The first-order valence-corrected chi connectivity index (χ1v) is 7.84. The van der Waals surface area contributed by atoms with Crippen molar-refractivity contribution in [3.8, 4) is 0 Å². The summed E-state index contributed by atoms with van der Waals surface area (Å²) in [6, 6.07) is 0.872. The Morgan fingerprint density at radius 3 is 2.61 bits per heavy atom. The summed E-state index contributed by atoms with van der Waals surface area (Å²) in [5.74, 6) is 0.897. The molecular formula is C15H30N2O. The Hall–Kier alpha value is -0.120. The van der Waals surface area contributed by atoms with Gasteiger partial charge in [-0.3, -0.25) is 0 Å². The van der Waals surface area contributed by atoms with E-state index in [1.54, 1.807) is 0 Å². The summed E-state index contributed by atoms with van der Waals surface area (Å²) in [7, 11) is 2.21. The molecule has 2 rings (SSSR count). The van der Waals surface area contributed by atoms with Crippen molar-refractivity contribution in [3.05, 3.63) is 0 Å². The van der Waals surface area contributed by atoms with Crippen LogP contribution in [0.1, 0.15) is 44.9 Å². The van der Waals surface area contributed by atoms with Gasteiger partial charge in [-0.2, -0.15) is 0 Å². The molecule has 106 valence electrons. The van der Waals surface area contributed by atoms with Crippen LogP contribution in [0.15, 0.2) is 0 Å². The van der Waals surface area contributed by atoms with E-state index in [-0.39, 0.29) is 0 Å². The second kappa shape index (κ2) is 8.13. The van der Waals surface area contributed by atoms with Crippen molar-refractivity contribution in [2.24, 2.45) is 5.92 Å². The monoisotopic (exact) mass is 254 g/mol. The minimum atomic E-state index is 0.872. The molecule has 0 saturated heterocycles. The zero-order valence-electron chi connectivity index (χ0n) is 12.0. The molecule has 0 aromatic carbocycles. The van der Waals surface area contributed by atoms with E-state index in [0.717, 1.165) is 31.7 Å². The molecule has 0 amide bonds. The summed E-state index contributed by atoms with van der Waals surface area (Å²) >= 11 is 0. The molecule has 3 heteroatoms. The number of hydrogen-bond donors (Lipinski definition) is 1. The summed E-state index contributed by atoms with van der Waals surface area (Å²) in [5, 5.41) is 3.57. The molecule has 1 N–H and O–H groups in total. The molecule has 0 radical (unpaired) electrons. The van der Waals surface area contributed by atoms with E-state index < -0.39 is 0 Å². The Kier molecular flexibility index (Phi) is 6.46. The molecule has 3 nitrogen and oxygen atoms in total.